The van der Waals surface area contributed by atoms with Crippen molar-refractivity contribution in [3.05, 3.63) is 35.9 Å². The Labute approximate surface area is 111 Å². The van der Waals surface area contributed by atoms with E-state index in [2.05, 4.69) is 62.9 Å². The molecule has 1 fully saturated rings. The number of hydrogen-bond donors (Lipinski definition) is 0. The van der Waals surface area contributed by atoms with Crippen LogP contribution in [0.15, 0.2) is 30.3 Å². The summed E-state index contributed by atoms with van der Waals surface area (Å²) in [7, 11) is 0. The van der Waals surface area contributed by atoms with E-state index in [9.17, 15) is 0 Å². The number of morpholine rings is 1. The summed E-state index contributed by atoms with van der Waals surface area (Å²) in [6.45, 7) is 10.9. The zero-order valence-electron chi connectivity index (χ0n) is 12.0. The monoisotopic (exact) mass is 247 g/mol. The van der Waals surface area contributed by atoms with E-state index < -0.39 is 0 Å². The van der Waals surface area contributed by atoms with Crippen LogP contribution < -0.4 is 0 Å². The van der Waals surface area contributed by atoms with E-state index in [4.69, 9.17) is 4.74 Å². The Kier molecular flexibility index (Phi) is 4.08. The van der Waals surface area contributed by atoms with Crippen molar-refractivity contribution in [1.82, 2.24) is 4.90 Å². The Morgan fingerprint density at radius 2 is 1.94 bits per heavy atom. The summed E-state index contributed by atoms with van der Waals surface area (Å²) in [5, 5.41) is 0. The predicted molar refractivity (Wildman–Crippen MR) is 75.6 cm³/mol. The molecule has 0 amide bonds. The summed E-state index contributed by atoms with van der Waals surface area (Å²) < 4.78 is 6.16. The van der Waals surface area contributed by atoms with Gasteiger partial charge >= 0.3 is 0 Å². The molecule has 1 saturated heterocycles. The molecule has 0 aliphatic carbocycles. The molecule has 1 aliphatic rings. The van der Waals surface area contributed by atoms with E-state index in [1.165, 1.54) is 5.56 Å². The molecule has 2 atom stereocenters. The topological polar surface area (TPSA) is 12.5 Å². The third-order valence-corrected chi connectivity index (χ3v) is 3.80. The minimum atomic E-state index is -0.0397. The van der Waals surface area contributed by atoms with Crippen molar-refractivity contribution in [3.63, 3.8) is 0 Å². The molecule has 0 N–H and O–H groups in total. The molecular formula is C16H25NO. The lowest BCUT2D eigenvalue weighted by Gasteiger charge is -2.47. The number of hydrogen-bond acceptors (Lipinski definition) is 2. The first kappa shape index (κ1) is 13.6. The Morgan fingerprint density at radius 1 is 1.28 bits per heavy atom. The molecular weight excluding hydrogens is 222 g/mol. The first-order valence-corrected chi connectivity index (χ1v) is 6.97. The van der Waals surface area contributed by atoms with Crippen molar-refractivity contribution >= 4 is 0 Å². The van der Waals surface area contributed by atoms with Gasteiger partial charge in [-0.05, 0) is 32.8 Å². The van der Waals surface area contributed by atoms with Gasteiger partial charge in [-0.3, -0.25) is 4.90 Å². The van der Waals surface area contributed by atoms with Gasteiger partial charge in [0.1, 0.15) is 0 Å². The number of rotatable bonds is 3. The van der Waals surface area contributed by atoms with Crippen molar-refractivity contribution in [3.8, 4) is 0 Å². The van der Waals surface area contributed by atoms with Gasteiger partial charge in [0.2, 0.25) is 0 Å². The van der Waals surface area contributed by atoms with E-state index in [0.717, 1.165) is 19.5 Å². The average molecular weight is 247 g/mol. The van der Waals surface area contributed by atoms with Crippen LogP contribution in [0, 0.1) is 0 Å². The van der Waals surface area contributed by atoms with Gasteiger partial charge in [0.15, 0.2) is 0 Å². The Morgan fingerprint density at radius 3 is 2.56 bits per heavy atom. The number of benzene rings is 1. The lowest BCUT2D eigenvalue weighted by Crippen LogP contribution is -2.57. The van der Waals surface area contributed by atoms with Gasteiger partial charge < -0.3 is 4.74 Å². The number of ether oxygens (including phenoxy) is 1. The molecule has 0 aromatic heterocycles. The molecule has 0 radical (unpaired) electrons. The van der Waals surface area contributed by atoms with Gasteiger partial charge in [-0.2, -0.15) is 0 Å². The van der Waals surface area contributed by atoms with Crippen molar-refractivity contribution < 1.29 is 4.74 Å². The second-order valence-corrected chi connectivity index (χ2v) is 5.96. The van der Waals surface area contributed by atoms with Gasteiger partial charge in [0.05, 0.1) is 11.7 Å². The smallest absolute Gasteiger partial charge is 0.0757 e. The van der Waals surface area contributed by atoms with Gasteiger partial charge in [-0.1, -0.05) is 37.3 Å². The third kappa shape index (κ3) is 3.12. The van der Waals surface area contributed by atoms with Crippen molar-refractivity contribution in [2.45, 2.75) is 58.4 Å². The molecule has 18 heavy (non-hydrogen) atoms. The minimum absolute atomic E-state index is 0.0397. The fraction of sp³-hybridized carbons (Fsp3) is 0.625. The second-order valence-electron chi connectivity index (χ2n) is 5.96. The third-order valence-electron chi connectivity index (χ3n) is 3.80. The average Bonchev–Trinajstić information content (AvgIpc) is 2.34. The minimum Gasteiger partial charge on any atom is -0.369 e. The van der Waals surface area contributed by atoms with Crippen LogP contribution in [0.1, 0.15) is 39.7 Å². The van der Waals surface area contributed by atoms with Gasteiger partial charge in [0.25, 0.3) is 0 Å². The summed E-state index contributed by atoms with van der Waals surface area (Å²) in [4.78, 5) is 2.55. The van der Waals surface area contributed by atoms with E-state index in [1.54, 1.807) is 0 Å². The van der Waals surface area contributed by atoms with Crippen LogP contribution in [-0.2, 0) is 11.3 Å². The molecule has 2 nitrogen and oxygen atoms in total. The molecule has 2 unspecified atom stereocenters. The highest BCUT2D eigenvalue weighted by Gasteiger charge is 2.37. The van der Waals surface area contributed by atoms with Crippen LogP contribution in [0.5, 0.6) is 0 Å². The molecule has 0 saturated carbocycles. The summed E-state index contributed by atoms with van der Waals surface area (Å²) in [6, 6.07) is 11.2. The Hall–Kier alpha value is -0.860. The highest BCUT2D eigenvalue weighted by Crippen LogP contribution is 2.28. The SMILES string of the molecule is CCC1OC(C)(C)CN(Cc2ccccc2)C1C. The fourth-order valence-electron chi connectivity index (χ4n) is 2.86. The first-order chi connectivity index (χ1) is 8.52. The summed E-state index contributed by atoms with van der Waals surface area (Å²) >= 11 is 0. The summed E-state index contributed by atoms with van der Waals surface area (Å²) in [5.74, 6) is 0. The van der Waals surface area contributed by atoms with Crippen molar-refractivity contribution in [2.24, 2.45) is 0 Å². The Bertz CT molecular complexity index is 374. The second kappa shape index (κ2) is 5.41. The van der Waals surface area contributed by atoms with Crippen molar-refractivity contribution in [1.29, 1.82) is 0 Å². The normalized spacial score (nSPS) is 28.2. The molecule has 100 valence electrons. The van der Waals surface area contributed by atoms with E-state index >= 15 is 0 Å². The first-order valence-electron chi connectivity index (χ1n) is 6.97. The van der Waals surface area contributed by atoms with Crippen LogP contribution in [0.25, 0.3) is 0 Å². The van der Waals surface area contributed by atoms with Crippen LogP contribution in [0.3, 0.4) is 0 Å². The van der Waals surface area contributed by atoms with E-state index in [0.29, 0.717) is 12.1 Å². The molecule has 1 aromatic carbocycles. The number of nitrogens with zero attached hydrogens (tertiary/aromatic N) is 1. The van der Waals surface area contributed by atoms with Crippen LogP contribution >= 0.6 is 0 Å². The predicted octanol–water partition coefficient (Wildman–Crippen LogP) is 3.46. The van der Waals surface area contributed by atoms with Crippen LogP contribution in [0.2, 0.25) is 0 Å². The zero-order valence-corrected chi connectivity index (χ0v) is 12.0. The van der Waals surface area contributed by atoms with Crippen LogP contribution in [0.4, 0.5) is 0 Å². The Balaban J connectivity index is 2.10. The zero-order chi connectivity index (χ0) is 13.2. The summed E-state index contributed by atoms with van der Waals surface area (Å²) in [5.41, 5.74) is 1.35. The maximum atomic E-state index is 6.16. The quantitative estimate of drug-likeness (QED) is 0.811. The fourth-order valence-corrected chi connectivity index (χ4v) is 2.86. The molecule has 1 heterocycles. The van der Waals surface area contributed by atoms with Gasteiger partial charge in [0, 0.05) is 19.1 Å². The molecule has 1 aliphatic heterocycles. The highest BCUT2D eigenvalue weighted by molar-refractivity contribution is 5.15. The van der Waals surface area contributed by atoms with Crippen LogP contribution in [-0.4, -0.2) is 29.2 Å². The van der Waals surface area contributed by atoms with E-state index in [-0.39, 0.29) is 5.60 Å². The standard InChI is InChI=1S/C16H25NO/c1-5-15-13(2)17(12-16(3,4)18-15)11-14-9-7-6-8-10-14/h6-10,13,15H,5,11-12H2,1-4H3. The van der Waals surface area contributed by atoms with E-state index in [1.807, 2.05) is 0 Å². The molecule has 2 rings (SSSR count). The largest absolute Gasteiger partial charge is 0.369 e. The molecule has 0 bridgehead atoms. The van der Waals surface area contributed by atoms with Gasteiger partial charge in [-0.15, -0.1) is 0 Å². The van der Waals surface area contributed by atoms with Crippen molar-refractivity contribution in [2.75, 3.05) is 6.54 Å². The maximum absolute atomic E-state index is 6.16. The highest BCUT2D eigenvalue weighted by atomic mass is 16.5. The molecule has 2 heteroatoms. The summed E-state index contributed by atoms with van der Waals surface area (Å²) in [6.07, 6.45) is 1.42. The molecule has 1 aromatic rings. The maximum Gasteiger partial charge on any atom is 0.0757 e. The molecule has 0 spiro atoms. The van der Waals surface area contributed by atoms with Gasteiger partial charge in [-0.25, -0.2) is 0 Å². The lowest BCUT2D eigenvalue weighted by atomic mass is 9.98. The lowest BCUT2D eigenvalue weighted by molar-refractivity contribution is -0.163.